The van der Waals surface area contributed by atoms with E-state index in [-0.39, 0.29) is 21.2 Å². The van der Waals surface area contributed by atoms with Crippen LogP contribution in [0.25, 0.3) is 0 Å². The lowest BCUT2D eigenvalue weighted by molar-refractivity contribution is 0.00953. The van der Waals surface area contributed by atoms with Crippen LogP contribution in [0.3, 0.4) is 0 Å². The monoisotopic (exact) mass is 425 g/mol. The van der Waals surface area contributed by atoms with Crippen molar-refractivity contribution in [2.24, 2.45) is 0 Å². The molecule has 1 N–H and O–H groups in total. The van der Waals surface area contributed by atoms with Crippen LogP contribution in [0.4, 0.5) is 0 Å². The van der Waals surface area contributed by atoms with Crippen molar-refractivity contribution in [1.29, 1.82) is 0 Å². The Bertz CT molecular complexity index is 835. The molecule has 0 saturated carbocycles. The molecule has 5 heteroatoms. The summed E-state index contributed by atoms with van der Waals surface area (Å²) >= 11 is 0. The van der Waals surface area contributed by atoms with Gasteiger partial charge in [-0.2, -0.15) is 0 Å². The zero-order valence-electron chi connectivity index (χ0n) is 19.1. The lowest BCUT2D eigenvalue weighted by Crippen LogP contribution is -2.74. The molecule has 0 amide bonds. The predicted octanol–water partition coefficient (Wildman–Crippen LogP) is 4.45. The number of fused-ring (bicyclic) bond motifs is 2. The summed E-state index contributed by atoms with van der Waals surface area (Å²) in [6, 6.07) is 21.6. The summed E-state index contributed by atoms with van der Waals surface area (Å²) in [5, 5.41) is 2.31. The number of benzene rings is 2. The lowest BCUT2D eigenvalue weighted by atomic mass is 9.87. The third-order valence-corrected chi connectivity index (χ3v) is 19.6. The van der Waals surface area contributed by atoms with Crippen LogP contribution in [0.1, 0.15) is 55.4 Å². The van der Waals surface area contributed by atoms with Crippen molar-refractivity contribution in [3.63, 3.8) is 0 Å². The van der Waals surface area contributed by atoms with E-state index in [9.17, 15) is 0 Å². The van der Waals surface area contributed by atoms with Crippen molar-refractivity contribution in [1.82, 2.24) is 4.98 Å². The Labute approximate surface area is 178 Å². The number of hydrogen-bond donors (Lipinski definition) is 1. The molecule has 2 aliphatic rings. The van der Waals surface area contributed by atoms with Gasteiger partial charge < -0.3 is 13.5 Å². The Morgan fingerprint density at radius 3 is 1.66 bits per heavy atom. The van der Waals surface area contributed by atoms with Crippen molar-refractivity contribution in [3.05, 3.63) is 60.7 Å². The van der Waals surface area contributed by atoms with E-state index in [0.717, 1.165) is 0 Å². The van der Waals surface area contributed by atoms with Crippen molar-refractivity contribution < 1.29 is 8.54 Å². The minimum Gasteiger partial charge on any atom is -0.416 e. The molecular weight excluding hydrogens is 390 g/mol. The molecule has 2 heterocycles. The second-order valence-electron chi connectivity index (χ2n) is 10.7. The highest BCUT2D eigenvalue weighted by atomic mass is 28.5. The van der Waals surface area contributed by atoms with E-state index in [1.165, 1.54) is 10.4 Å². The highest BCUT2D eigenvalue weighted by Gasteiger charge is 2.80. The van der Waals surface area contributed by atoms with Gasteiger partial charge in [0.15, 0.2) is 0 Å². The lowest BCUT2D eigenvalue weighted by Gasteiger charge is -2.55. The van der Waals surface area contributed by atoms with Crippen LogP contribution in [0, 0.1) is 0 Å². The van der Waals surface area contributed by atoms with E-state index in [2.05, 4.69) is 121 Å². The van der Waals surface area contributed by atoms with Crippen LogP contribution in [-0.2, 0) is 8.54 Å². The fourth-order valence-electron chi connectivity index (χ4n) is 5.03. The Morgan fingerprint density at radius 1 is 0.655 bits per heavy atom. The Hall–Kier alpha value is -1.25. The van der Waals surface area contributed by atoms with E-state index in [1.807, 2.05) is 0 Å². The quantitative estimate of drug-likeness (QED) is 0.721. The van der Waals surface area contributed by atoms with Gasteiger partial charge in [0.05, 0.1) is 5.60 Å². The summed E-state index contributed by atoms with van der Waals surface area (Å²) in [7, 11) is -5.52. The molecule has 4 rings (SSSR count). The molecule has 2 unspecified atom stereocenters. The van der Waals surface area contributed by atoms with Gasteiger partial charge in [-0.3, -0.25) is 0 Å². The van der Waals surface area contributed by atoms with Gasteiger partial charge in [-0.15, -0.1) is 0 Å². The molecule has 2 fully saturated rings. The van der Waals surface area contributed by atoms with Gasteiger partial charge in [-0.25, -0.2) is 0 Å². The molecule has 2 atom stereocenters. The Morgan fingerprint density at radius 2 is 1.14 bits per heavy atom. The normalized spacial score (nSPS) is 33.8. The minimum atomic E-state index is -2.85. The first-order valence-corrected chi connectivity index (χ1v) is 14.4. The summed E-state index contributed by atoms with van der Waals surface area (Å²) in [5.74, 6) is 0. The topological polar surface area (TPSA) is 30.5 Å². The highest BCUT2D eigenvalue weighted by Crippen LogP contribution is 2.69. The van der Waals surface area contributed by atoms with Gasteiger partial charge >= 0.3 is 8.56 Å². The summed E-state index contributed by atoms with van der Waals surface area (Å²) in [4.78, 5) is 4.13. The number of nitrogens with one attached hydrogen (secondary N) is 1. The molecule has 29 heavy (non-hydrogen) atoms. The average Bonchev–Trinajstić information content (AvgIpc) is 2.73. The van der Waals surface area contributed by atoms with E-state index < -0.39 is 17.0 Å². The third-order valence-electron chi connectivity index (χ3n) is 8.29. The van der Waals surface area contributed by atoms with Crippen LogP contribution in [0.5, 0.6) is 0 Å². The van der Waals surface area contributed by atoms with Gasteiger partial charge in [-0.05, 0) is 38.1 Å². The van der Waals surface area contributed by atoms with E-state index in [0.29, 0.717) is 0 Å². The van der Waals surface area contributed by atoms with E-state index >= 15 is 0 Å². The summed E-state index contributed by atoms with van der Waals surface area (Å²) in [5.41, 5.74) is -0.626. The molecule has 2 aromatic rings. The fourth-order valence-corrected chi connectivity index (χ4v) is 18.6. The molecule has 0 spiro atoms. The van der Waals surface area contributed by atoms with Crippen molar-refractivity contribution >= 4 is 27.4 Å². The maximum absolute atomic E-state index is 7.52. The average molecular weight is 426 g/mol. The van der Waals surface area contributed by atoms with Gasteiger partial charge in [0.25, 0.3) is 8.48 Å². The maximum atomic E-state index is 7.52. The Kier molecular flexibility index (Phi) is 4.45. The molecule has 2 saturated heterocycles. The molecule has 3 nitrogen and oxygen atoms in total. The summed E-state index contributed by atoms with van der Waals surface area (Å²) in [6.45, 7) is 18.5. The second kappa shape index (κ2) is 6.14. The first-order valence-electron chi connectivity index (χ1n) is 10.6. The molecule has 2 aromatic carbocycles. The minimum absolute atomic E-state index is 0.0861. The van der Waals surface area contributed by atoms with Crippen LogP contribution in [0.2, 0.25) is 10.1 Å². The SMILES string of the molecule is CC1(C)N[Si]2(c3ccccc3)O[Si](c3ccccc3)(OC1(C)C)C(C)(C)C2(C)C. The van der Waals surface area contributed by atoms with Gasteiger partial charge in [0.1, 0.15) is 0 Å². The fraction of sp³-hybridized carbons (Fsp3) is 0.500. The predicted molar refractivity (Wildman–Crippen MR) is 125 cm³/mol. The second-order valence-corrected chi connectivity index (χ2v) is 18.3. The molecule has 0 aliphatic carbocycles. The third kappa shape index (κ3) is 2.51. The van der Waals surface area contributed by atoms with Crippen LogP contribution >= 0.6 is 0 Å². The molecule has 2 aliphatic heterocycles. The molecule has 156 valence electrons. The van der Waals surface area contributed by atoms with Crippen molar-refractivity contribution in [3.8, 4) is 0 Å². The standard InChI is InChI=1S/C24H35NO2Si2/c1-21(2)22(3,4)26-29(20-17-13-10-14-18-20)24(7,8)23(5,6)28(25-21,27-29)19-15-11-9-12-16-19/h9-18,25H,1-8H3. The zero-order valence-corrected chi connectivity index (χ0v) is 21.1. The summed E-state index contributed by atoms with van der Waals surface area (Å²) in [6.07, 6.45) is 0. The van der Waals surface area contributed by atoms with E-state index in [4.69, 9.17) is 8.54 Å². The molecule has 0 radical (unpaired) electrons. The zero-order chi connectivity index (χ0) is 21.3. The van der Waals surface area contributed by atoms with Crippen molar-refractivity contribution in [2.45, 2.75) is 76.6 Å². The Balaban J connectivity index is 2.09. The van der Waals surface area contributed by atoms with Gasteiger partial charge in [0, 0.05) is 15.6 Å². The number of rotatable bonds is 2. The highest BCUT2D eigenvalue weighted by molar-refractivity contribution is 7.03. The van der Waals surface area contributed by atoms with Crippen LogP contribution in [0.15, 0.2) is 60.7 Å². The van der Waals surface area contributed by atoms with E-state index in [1.54, 1.807) is 0 Å². The smallest absolute Gasteiger partial charge is 0.370 e. The van der Waals surface area contributed by atoms with Gasteiger partial charge in [-0.1, -0.05) is 88.4 Å². The maximum Gasteiger partial charge on any atom is 0.370 e. The van der Waals surface area contributed by atoms with Gasteiger partial charge in [0.2, 0.25) is 0 Å². The van der Waals surface area contributed by atoms with Crippen LogP contribution in [-0.4, -0.2) is 28.2 Å². The van der Waals surface area contributed by atoms with Crippen LogP contribution < -0.4 is 15.4 Å². The first-order chi connectivity index (χ1) is 13.3. The molecule has 2 bridgehead atoms. The largest absolute Gasteiger partial charge is 0.416 e. The number of hydrogen-bond acceptors (Lipinski definition) is 3. The van der Waals surface area contributed by atoms with Crippen molar-refractivity contribution in [2.75, 3.05) is 0 Å². The first kappa shape index (κ1) is 21.0. The summed E-state index contributed by atoms with van der Waals surface area (Å²) < 4.78 is 14.8. The molecule has 0 aromatic heterocycles. The molecular formula is C24H35NO2Si2.